The van der Waals surface area contributed by atoms with Gasteiger partial charge >= 0.3 is 27.2 Å². The summed E-state index contributed by atoms with van der Waals surface area (Å²) in [5.74, 6) is -1.25. The second-order valence-electron chi connectivity index (χ2n) is 5.43. The number of nitro groups is 1. The number of nitrogens with one attached hydrogen (secondary N) is 1. The number of rotatable bonds is 6. The monoisotopic (exact) mass is 405 g/mol. The summed E-state index contributed by atoms with van der Waals surface area (Å²) in [7, 11) is -6.11. The molecule has 0 fully saturated rings. The van der Waals surface area contributed by atoms with E-state index in [1.165, 1.54) is 13.8 Å². The minimum Gasteiger partial charge on any atom is -0.375 e. The number of nitrogens with zero attached hydrogens (tertiary/aromatic N) is 2. The molecule has 1 heterocycles. The van der Waals surface area contributed by atoms with Gasteiger partial charge in [0, 0.05) is 17.8 Å². The highest BCUT2D eigenvalue weighted by molar-refractivity contribution is 7.88. The standard InChI is InChI=1S/C15H14F3N3O5S/c1-9-10(2)20-14(26-27(24,25)15(16,17)18)13(21(22)23)12(9)19-8-11-6-4-3-5-7-11/h3-7H,8H2,1-2H3,(H,19,20). The maximum atomic E-state index is 12.6. The van der Waals surface area contributed by atoms with Crippen molar-refractivity contribution in [3.05, 3.63) is 57.3 Å². The van der Waals surface area contributed by atoms with Gasteiger partial charge in [-0.2, -0.15) is 21.6 Å². The molecule has 0 saturated heterocycles. The van der Waals surface area contributed by atoms with Crippen molar-refractivity contribution in [1.82, 2.24) is 4.98 Å². The lowest BCUT2D eigenvalue weighted by atomic mass is 10.1. The molecule has 1 aromatic heterocycles. The van der Waals surface area contributed by atoms with Gasteiger partial charge in [0.15, 0.2) is 0 Å². The molecule has 146 valence electrons. The van der Waals surface area contributed by atoms with Gasteiger partial charge in [-0.1, -0.05) is 30.3 Å². The average Bonchev–Trinajstić information content (AvgIpc) is 2.55. The number of anilines is 1. The highest BCUT2D eigenvalue weighted by Gasteiger charge is 2.50. The molecule has 12 heteroatoms. The first-order valence-electron chi connectivity index (χ1n) is 7.38. The summed E-state index contributed by atoms with van der Waals surface area (Å²) >= 11 is 0. The zero-order chi connectivity index (χ0) is 20.4. The summed E-state index contributed by atoms with van der Waals surface area (Å²) in [5, 5.41) is 14.2. The molecule has 1 aromatic carbocycles. The van der Waals surface area contributed by atoms with Crippen LogP contribution >= 0.6 is 0 Å². The van der Waals surface area contributed by atoms with Crippen molar-refractivity contribution in [3.63, 3.8) is 0 Å². The van der Waals surface area contributed by atoms with Crippen LogP contribution in [0.25, 0.3) is 0 Å². The van der Waals surface area contributed by atoms with E-state index in [1.54, 1.807) is 30.3 Å². The molecule has 0 saturated carbocycles. The van der Waals surface area contributed by atoms with Gasteiger partial charge in [0.1, 0.15) is 5.69 Å². The minimum atomic E-state index is -6.11. The maximum absolute atomic E-state index is 12.6. The molecule has 0 spiro atoms. The van der Waals surface area contributed by atoms with E-state index in [-0.39, 0.29) is 23.5 Å². The fourth-order valence-electron chi connectivity index (χ4n) is 2.14. The van der Waals surface area contributed by atoms with Gasteiger partial charge < -0.3 is 9.50 Å². The lowest BCUT2D eigenvalue weighted by Gasteiger charge is -2.15. The average molecular weight is 405 g/mol. The Morgan fingerprint density at radius 1 is 1.22 bits per heavy atom. The second-order valence-corrected chi connectivity index (χ2v) is 6.97. The molecule has 0 atom stereocenters. The van der Waals surface area contributed by atoms with Crippen LogP contribution in [0.15, 0.2) is 30.3 Å². The molecule has 0 aliphatic heterocycles. The van der Waals surface area contributed by atoms with Crippen molar-refractivity contribution in [1.29, 1.82) is 0 Å². The Labute approximate surface area is 152 Å². The number of hydrogen-bond donors (Lipinski definition) is 1. The van der Waals surface area contributed by atoms with Gasteiger partial charge in [-0.15, -0.1) is 0 Å². The Morgan fingerprint density at radius 2 is 1.81 bits per heavy atom. The van der Waals surface area contributed by atoms with E-state index in [4.69, 9.17) is 0 Å². The van der Waals surface area contributed by atoms with Crippen LogP contribution in [0.2, 0.25) is 0 Å². The summed E-state index contributed by atoms with van der Waals surface area (Å²) in [6, 6.07) is 8.70. The molecule has 0 radical (unpaired) electrons. The molecule has 27 heavy (non-hydrogen) atoms. The number of aromatic nitrogens is 1. The highest BCUT2D eigenvalue weighted by Crippen LogP contribution is 2.39. The molecular weight excluding hydrogens is 391 g/mol. The molecular formula is C15H14F3N3O5S. The summed E-state index contributed by atoms with van der Waals surface area (Å²) in [5.41, 5.74) is -5.84. The van der Waals surface area contributed by atoms with E-state index in [9.17, 15) is 31.7 Å². The van der Waals surface area contributed by atoms with E-state index in [0.29, 0.717) is 0 Å². The normalized spacial score (nSPS) is 11.9. The molecule has 2 aromatic rings. The number of hydrogen-bond acceptors (Lipinski definition) is 7. The zero-order valence-electron chi connectivity index (χ0n) is 14.1. The van der Waals surface area contributed by atoms with Crippen LogP contribution in [0.1, 0.15) is 16.8 Å². The van der Waals surface area contributed by atoms with Gasteiger partial charge in [-0.3, -0.25) is 10.1 Å². The highest BCUT2D eigenvalue weighted by atomic mass is 32.2. The van der Waals surface area contributed by atoms with E-state index in [1.807, 2.05) is 0 Å². The van der Waals surface area contributed by atoms with Crippen molar-refractivity contribution >= 4 is 21.5 Å². The predicted octanol–water partition coefficient (Wildman–Crippen LogP) is 3.45. The number of alkyl halides is 3. The fourth-order valence-corrected chi connectivity index (χ4v) is 2.55. The molecule has 0 aliphatic rings. The van der Waals surface area contributed by atoms with Gasteiger partial charge in [0.05, 0.1) is 4.92 Å². The van der Waals surface area contributed by atoms with Crippen LogP contribution < -0.4 is 9.50 Å². The molecule has 0 unspecified atom stereocenters. The summed E-state index contributed by atoms with van der Waals surface area (Å²) in [4.78, 5) is 13.9. The van der Waals surface area contributed by atoms with Crippen molar-refractivity contribution in [3.8, 4) is 5.88 Å². The number of halogens is 3. The van der Waals surface area contributed by atoms with Crippen LogP contribution in [-0.4, -0.2) is 23.8 Å². The van der Waals surface area contributed by atoms with Crippen LogP contribution in [0.3, 0.4) is 0 Å². The van der Waals surface area contributed by atoms with Gasteiger partial charge in [0.2, 0.25) is 0 Å². The Hall–Kier alpha value is -2.89. The molecule has 1 N–H and O–H groups in total. The molecule has 0 bridgehead atoms. The van der Waals surface area contributed by atoms with E-state index in [2.05, 4.69) is 14.5 Å². The first-order valence-corrected chi connectivity index (χ1v) is 8.79. The van der Waals surface area contributed by atoms with E-state index < -0.39 is 32.1 Å². The largest absolute Gasteiger partial charge is 0.534 e. The maximum Gasteiger partial charge on any atom is 0.534 e. The van der Waals surface area contributed by atoms with Crippen molar-refractivity contribution < 1.29 is 30.7 Å². The lowest BCUT2D eigenvalue weighted by molar-refractivity contribution is -0.384. The van der Waals surface area contributed by atoms with Crippen LogP contribution in [0.4, 0.5) is 24.5 Å². The quantitative estimate of drug-likeness (QED) is 0.339. The second kappa shape index (κ2) is 7.39. The van der Waals surface area contributed by atoms with Crippen molar-refractivity contribution in [2.45, 2.75) is 25.9 Å². The SMILES string of the molecule is Cc1nc(OS(=O)(=O)C(F)(F)F)c([N+](=O)[O-])c(NCc2ccccc2)c1C. The first-order chi connectivity index (χ1) is 12.4. The third-order valence-electron chi connectivity index (χ3n) is 3.59. The Bertz CT molecular complexity index is 963. The number of aryl methyl sites for hydroxylation is 1. The predicted molar refractivity (Wildman–Crippen MR) is 89.7 cm³/mol. The Morgan fingerprint density at radius 3 is 2.33 bits per heavy atom. The van der Waals surface area contributed by atoms with Crippen LogP contribution in [0, 0.1) is 24.0 Å². The summed E-state index contributed by atoms with van der Waals surface area (Å²) in [6.07, 6.45) is 0. The molecule has 0 aliphatic carbocycles. The topological polar surface area (TPSA) is 111 Å². The van der Waals surface area contributed by atoms with Gasteiger partial charge in [-0.25, -0.2) is 4.98 Å². The van der Waals surface area contributed by atoms with Crippen molar-refractivity contribution in [2.75, 3.05) is 5.32 Å². The Kier molecular flexibility index (Phi) is 5.59. The molecule has 2 rings (SSSR count). The van der Waals surface area contributed by atoms with E-state index >= 15 is 0 Å². The van der Waals surface area contributed by atoms with Crippen LogP contribution in [-0.2, 0) is 16.7 Å². The lowest BCUT2D eigenvalue weighted by Crippen LogP contribution is -2.29. The van der Waals surface area contributed by atoms with Gasteiger partial charge in [-0.05, 0) is 19.4 Å². The Balaban J connectivity index is 2.53. The van der Waals surface area contributed by atoms with Crippen LogP contribution in [0.5, 0.6) is 5.88 Å². The summed E-state index contributed by atoms with van der Waals surface area (Å²) in [6.45, 7) is 2.93. The first kappa shape index (κ1) is 20.4. The van der Waals surface area contributed by atoms with Gasteiger partial charge in [0.25, 0.3) is 0 Å². The number of benzene rings is 1. The zero-order valence-corrected chi connectivity index (χ0v) is 14.9. The van der Waals surface area contributed by atoms with E-state index in [0.717, 1.165) is 5.56 Å². The third-order valence-corrected chi connectivity index (χ3v) is 4.54. The number of pyridine rings is 1. The third kappa shape index (κ3) is 4.45. The fraction of sp³-hybridized carbons (Fsp3) is 0.267. The smallest absolute Gasteiger partial charge is 0.375 e. The molecule has 8 nitrogen and oxygen atoms in total. The summed E-state index contributed by atoms with van der Waals surface area (Å²) < 4.78 is 64.2. The van der Waals surface area contributed by atoms with Crippen molar-refractivity contribution in [2.24, 2.45) is 0 Å². The molecule has 0 amide bonds. The minimum absolute atomic E-state index is 0.0727.